The molecule has 0 aliphatic carbocycles. The van der Waals surface area contributed by atoms with Crippen LogP contribution >= 0.6 is 0 Å². The zero-order valence-electron chi connectivity index (χ0n) is 10.5. The van der Waals surface area contributed by atoms with Gasteiger partial charge in [0.1, 0.15) is 5.57 Å². The molecule has 0 unspecified atom stereocenters. The fraction of sp³-hybridized carbons (Fsp3) is 0.0588. The molecule has 0 radical (unpaired) electrons. The second-order valence-electron chi connectivity index (χ2n) is 4.06. The van der Waals surface area contributed by atoms with Gasteiger partial charge in [-0.3, -0.25) is 0 Å². The van der Waals surface area contributed by atoms with Crippen molar-refractivity contribution in [2.75, 3.05) is 0 Å². The van der Waals surface area contributed by atoms with Crippen LogP contribution in [0.3, 0.4) is 0 Å². The third-order valence-electron chi connectivity index (χ3n) is 2.58. The van der Waals surface area contributed by atoms with Gasteiger partial charge in [-0.05, 0) is 17.2 Å². The van der Waals surface area contributed by atoms with Gasteiger partial charge in [0.2, 0.25) is 0 Å². The number of rotatable bonds is 2. The second-order valence-corrected chi connectivity index (χ2v) is 4.06. The number of alkyl halides is 3. The minimum Gasteiger partial charge on any atom is -0.165 e. The van der Waals surface area contributed by atoms with Gasteiger partial charge in [-0.1, -0.05) is 72.1 Å². The molecule has 100 valence electrons. The molecule has 2 aromatic rings. The smallest absolute Gasteiger partial charge is 0.165 e. The Kier molecular flexibility index (Phi) is 4.27. The summed E-state index contributed by atoms with van der Waals surface area (Å²) in [6, 6.07) is 16.6. The molecular weight excluding hydrogens is 261 g/mol. The third-order valence-corrected chi connectivity index (χ3v) is 2.58. The number of allylic oxidation sites excluding steroid dienone is 1. The Hall–Kier alpha value is -2.47. The molecule has 0 saturated carbocycles. The first kappa shape index (κ1) is 14.0. The highest BCUT2D eigenvalue weighted by molar-refractivity contribution is 5.69. The van der Waals surface area contributed by atoms with Gasteiger partial charge in [0, 0.05) is 0 Å². The van der Waals surface area contributed by atoms with Gasteiger partial charge in [0.05, 0.1) is 0 Å². The van der Waals surface area contributed by atoms with E-state index in [1.54, 1.807) is 42.5 Å². The maximum Gasteiger partial charge on any atom is 0.424 e. The van der Waals surface area contributed by atoms with Crippen LogP contribution in [-0.2, 0) is 0 Å². The van der Waals surface area contributed by atoms with E-state index in [0.717, 1.165) is 5.56 Å². The highest BCUT2D eigenvalue weighted by Gasteiger charge is 2.34. The molecule has 2 aromatic carbocycles. The molecule has 0 aromatic heterocycles. The summed E-state index contributed by atoms with van der Waals surface area (Å²) < 4.78 is 38.9. The fourth-order valence-electron chi connectivity index (χ4n) is 1.65. The molecule has 0 bridgehead atoms. The normalized spacial score (nSPS) is 10.3. The molecule has 0 aliphatic rings. The van der Waals surface area contributed by atoms with Gasteiger partial charge in [-0.2, -0.15) is 13.2 Å². The maximum absolute atomic E-state index is 13.0. The predicted molar refractivity (Wildman–Crippen MR) is 73.8 cm³/mol. The molecule has 0 heterocycles. The molecule has 20 heavy (non-hydrogen) atoms. The molecule has 0 fully saturated rings. The summed E-state index contributed by atoms with van der Waals surface area (Å²) in [5.74, 6) is 0. The lowest BCUT2D eigenvalue weighted by molar-refractivity contribution is -0.0687. The molecule has 0 spiro atoms. The number of benzene rings is 2. The molecule has 0 aliphatic heterocycles. The van der Waals surface area contributed by atoms with Gasteiger partial charge < -0.3 is 0 Å². The summed E-state index contributed by atoms with van der Waals surface area (Å²) in [6.45, 7) is 0. The number of hydrogen-bond donors (Lipinski definition) is 0. The van der Waals surface area contributed by atoms with Crippen molar-refractivity contribution in [3.63, 3.8) is 0 Å². The van der Waals surface area contributed by atoms with Gasteiger partial charge in [0.25, 0.3) is 0 Å². The van der Waals surface area contributed by atoms with E-state index in [1.165, 1.54) is 18.2 Å². The first-order valence-corrected chi connectivity index (χ1v) is 5.97. The molecule has 2 rings (SSSR count). The largest absolute Gasteiger partial charge is 0.424 e. The summed E-state index contributed by atoms with van der Waals surface area (Å²) >= 11 is 0. The fourth-order valence-corrected chi connectivity index (χ4v) is 1.65. The zero-order chi connectivity index (χ0) is 14.4. The van der Waals surface area contributed by atoms with Crippen molar-refractivity contribution < 1.29 is 13.2 Å². The van der Waals surface area contributed by atoms with Gasteiger partial charge in [-0.15, -0.1) is 0 Å². The monoisotopic (exact) mass is 272 g/mol. The standard InChI is InChI=1S/C17H11F3/c18-17(19,20)16(15-11-5-2-6-12-15)13-7-10-14-8-3-1-4-9-14/h1-6,8-12H. The van der Waals surface area contributed by atoms with Crippen LogP contribution in [0.4, 0.5) is 13.2 Å². The summed E-state index contributed by atoms with van der Waals surface area (Å²) in [5, 5.41) is 0. The van der Waals surface area contributed by atoms with E-state index >= 15 is 0 Å². The van der Waals surface area contributed by atoms with E-state index in [0.29, 0.717) is 0 Å². The molecule has 0 atom stereocenters. The summed E-state index contributed by atoms with van der Waals surface area (Å²) in [4.78, 5) is 0. The minimum absolute atomic E-state index is 0.0777. The van der Waals surface area contributed by atoms with Crippen LogP contribution in [0.1, 0.15) is 11.1 Å². The van der Waals surface area contributed by atoms with Crippen LogP contribution in [0.15, 0.2) is 72.1 Å². The van der Waals surface area contributed by atoms with E-state index in [9.17, 15) is 13.2 Å². The van der Waals surface area contributed by atoms with Crippen molar-refractivity contribution in [2.24, 2.45) is 0 Å². The van der Waals surface area contributed by atoms with Crippen LogP contribution in [0.2, 0.25) is 0 Å². The van der Waals surface area contributed by atoms with Crippen molar-refractivity contribution >= 4 is 11.6 Å². The molecule has 0 amide bonds. The summed E-state index contributed by atoms with van der Waals surface area (Å²) in [6.07, 6.45) is -2.99. The van der Waals surface area contributed by atoms with Gasteiger partial charge in [0.15, 0.2) is 0 Å². The lowest BCUT2D eigenvalue weighted by Crippen LogP contribution is -2.09. The topological polar surface area (TPSA) is 0 Å². The highest BCUT2D eigenvalue weighted by atomic mass is 19.4. The molecular formula is C17H11F3. The highest BCUT2D eigenvalue weighted by Crippen LogP contribution is 2.32. The van der Waals surface area contributed by atoms with E-state index in [1.807, 2.05) is 6.07 Å². The van der Waals surface area contributed by atoms with E-state index < -0.39 is 11.7 Å². The van der Waals surface area contributed by atoms with Crippen molar-refractivity contribution in [3.05, 3.63) is 83.3 Å². The van der Waals surface area contributed by atoms with Crippen LogP contribution in [0.25, 0.3) is 11.6 Å². The predicted octanol–water partition coefficient (Wildman–Crippen LogP) is 5.10. The second kappa shape index (κ2) is 6.12. The summed E-state index contributed by atoms with van der Waals surface area (Å²) in [5.41, 5.74) is 4.71. The molecule has 0 saturated heterocycles. The SMILES string of the molecule is FC(F)(F)C(=C=C=Cc1ccccc1)c1ccccc1. The van der Waals surface area contributed by atoms with Crippen molar-refractivity contribution in [1.82, 2.24) is 0 Å². The van der Waals surface area contributed by atoms with E-state index in [4.69, 9.17) is 0 Å². The maximum atomic E-state index is 13.0. The first-order valence-electron chi connectivity index (χ1n) is 5.97. The van der Waals surface area contributed by atoms with Crippen LogP contribution in [-0.4, -0.2) is 6.18 Å². The minimum atomic E-state index is -4.46. The molecule has 0 N–H and O–H groups in total. The van der Waals surface area contributed by atoms with Crippen molar-refractivity contribution in [2.45, 2.75) is 6.18 Å². The Labute approximate surface area is 115 Å². The average molecular weight is 272 g/mol. The lowest BCUT2D eigenvalue weighted by atomic mass is 10.1. The average Bonchev–Trinajstić information content (AvgIpc) is 2.44. The van der Waals surface area contributed by atoms with E-state index in [2.05, 4.69) is 11.5 Å². The van der Waals surface area contributed by atoms with Crippen molar-refractivity contribution in [3.8, 4) is 0 Å². The van der Waals surface area contributed by atoms with Gasteiger partial charge >= 0.3 is 6.18 Å². The van der Waals surface area contributed by atoms with Crippen LogP contribution in [0.5, 0.6) is 0 Å². The Morgan fingerprint density at radius 1 is 0.850 bits per heavy atom. The van der Waals surface area contributed by atoms with Crippen molar-refractivity contribution in [1.29, 1.82) is 0 Å². The Balaban J connectivity index is 2.48. The lowest BCUT2D eigenvalue weighted by Gasteiger charge is -2.08. The Morgan fingerprint density at radius 2 is 1.40 bits per heavy atom. The molecule has 3 heteroatoms. The van der Waals surface area contributed by atoms with Crippen LogP contribution in [0, 0.1) is 0 Å². The third kappa shape index (κ3) is 3.76. The number of halogens is 3. The Morgan fingerprint density at radius 3 is 1.95 bits per heavy atom. The first-order chi connectivity index (χ1) is 9.57. The Bertz CT molecular complexity index is 654. The number of hydrogen-bond acceptors (Lipinski definition) is 0. The van der Waals surface area contributed by atoms with E-state index in [-0.39, 0.29) is 5.56 Å². The zero-order valence-corrected chi connectivity index (χ0v) is 10.5. The quantitative estimate of drug-likeness (QED) is 0.667. The summed E-state index contributed by atoms with van der Waals surface area (Å²) in [7, 11) is 0. The molecule has 0 nitrogen and oxygen atoms in total. The van der Waals surface area contributed by atoms with Crippen LogP contribution < -0.4 is 0 Å². The van der Waals surface area contributed by atoms with Gasteiger partial charge in [-0.25, -0.2) is 0 Å².